The molecule has 0 saturated carbocycles. The van der Waals surface area contributed by atoms with Gasteiger partial charge in [-0.3, -0.25) is 14.6 Å². The zero-order valence-electron chi connectivity index (χ0n) is 11.3. The molecule has 0 fully saturated rings. The maximum absolute atomic E-state index is 11.9. The number of nitrogens with zero attached hydrogens (tertiary/aromatic N) is 4. The first kappa shape index (κ1) is 13.7. The van der Waals surface area contributed by atoms with Gasteiger partial charge in [0.1, 0.15) is 12.8 Å². The molecule has 3 rings (SSSR count). The second-order valence-electron chi connectivity index (χ2n) is 4.38. The molecule has 0 aliphatic heterocycles. The summed E-state index contributed by atoms with van der Waals surface area (Å²) in [7, 11) is 0. The lowest BCUT2D eigenvalue weighted by atomic mass is 10.2. The fourth-order valence-electron chi connectivity index (χ4n) is 1.83. The molecule has 0 saturated heterocycles. The highest BCUT2D eigenvalue weighted by Gasteiger charge is 2.09. The summed E-state index contributed by atoms with van der Waals surface area (Å²) >= 11 is 0. The van der Waals surface area contributed by atoms with Gasteiger partial charge in [0, 0.05) is 30.1 Å². The lowest BCUT2D eigenvalue weighted by Gasteiger charge is -2.06. The molecule has 3 heterocycles. The zero-order chi connectivity index (χ0) is 15.4. The van der Waals surface area contributed by atoms with Crippen molar-refractivity contribution < 1.29 is 9.32 Å². The molecule has 1 amide bonds. The Kier molecular flexibility index (Phi) is 3.73. The Bertz CT molecular complexity index is 827. The summed E-state index contributed by atoms with van der Waals surface area (Å²) in [6.07, 6.45) is 4.59. The van der Waals surface area contributed by atoms with Crippen molar-refractivity contribution in [3.8, 4) is 11.3 Å². The highest BCUT2D eigenvalue weighted by Crippen LogP contribution is 2.13. The number of hydrogen-bond donors (Lipinski definition) is 1. The number of carbonyl (C=O) groups is 1. The number of pyridine rings is 1. The maximum atomic E-state index is 11.9. The third-order valence-electron chi connectivity index (χ3n) is 2.84. The summed E-state index contributed by atoms with van der Waals surface area (Å²) in [6.45, 7) is -0.218. The SMILES string of the molecule is O=C(Cn1nc(-c2ccncc2)ccc1=O)Nc1ccon1. The molecule has 22 heavy (non-hydrogen) atoms. The summed E-state index contributed by atoms with van der Waals surface area (Å²) in [4.78, 5) is 27.6. The fraction of sp³-hybridized carbons (Fsp3) is 0.0714. The van der Waals surface area contributed by atoms with Gasteiger partial charge >= 0.3 is 0 Å². The van der Waals surface area contributed by atoms with Gasteiger partial charge in [-0.25, -0.2) is 4.68 Å². The molecule has 8 heteroatoms. The van der Waals surface area contributed by atoms with Gasteiger partial charge in [0.05, 0.1) is 5.69 Å². The molecule has 0 atom stereocenters. The average Bonchev–Trinajstić information content (AvgIpc) is 3.03. The van der Waals surface area contributed by atoms with Crippen LogP contribution in [-0.2, 0) is 11.3 Å². The highest BCUT2D eigenvalue weighted by molar-refractivity contribution is 5.89. The van der Waals surface area contributed by atoms with Crippen molar-refractivity contribution in [3.05, 3.63) is 59.3 Å². The number of aromatic nitrogens is 4. The van der Waals surface area contributed by atoms with Crippen LogP contribution in [-0.4, -0.2) is 25.8 Å². The molecule has 0 unspecified atom stereocenters. The van der Waals surface area contributed by atoms with Gasteiger partial charge in [-0.05, 0) is 18.2 Å². The van der Waals surface area contributed by atoms with E-state index in [1.807, 2.05) is 0 Å². The lowest BCUT2D eigenvalue weighted by molar-refractivity contribution is -0.117. The van der Waals surface area contributed by atoms with Crippen LogP contribution in [0.4, 0.5) is 5.82 Å². The van der Waals surface area contributed by atoms with Gasteiger partial charge in [-0.2, -0.15) is 5.10 Å². The standard InChI is InChI=1S/C14H11N5O3/c20-13(16-12-5-8-22-18-12)9-19-14(21)2-1-11(17-19)10-3-6-15-7-4-10/h1-8H,9H2,(H,16,18,20). The van der Waals surface area contributed by atoms with Crippen LogP contribution in [0.3, 0.4) is 0 Å². The van der Waals surface area contributed by atoms with Crippen molar-refractivity contribution in [2.75, 3.05) is 5.32 Å². The van der Waals surface area contributed by atoms with Crippen molar-refractivity contribution in [1.29, 1.82) is 0 Å². The van der Waals surface area contributed by atoms with Gasteiger partial charge < -0.3 is 9.84 Å². The van der Waals surface area contributed by atoms with E-state index in [9.17, 15) is 9.59 Å². The molecule has 0 bridgehead atoms. The first-order valence-corrected chi connectivity index (χ1v) is 6.41. The molecule has 110 valence electrons. The third-order valence-corrected chi connectivity index (χ3v) is 2.84. The van der Waals surface area contributed by atoms with Crippen LogP contribution in [0, 0.1) is 0 Å². The number of anilines is 1. The molecule has 0 aromatic carbocycles. The monoisotopic (exact) mass is 297 g/mol. The summed E-state index contributed by atoms with van der Waals surface area (Å²) < 4.78 is 5.70. The molecule has 0 spiro atoms. The molecule has 8 nitrogen and oxygen atoms in total. The molecule has 0 aliphatic carbocycles. The van der Waals surface area contributed by atoms with Crippen molar-refractivity contribution in [2.45, 2.75) is 6.54 Å². The number of rotatable bonds is 4. The van der Waals surface area contributed by atoms with Crippen molar-refractivity contribution in [2.24, 2.45) is 0 Å². The Labute approximate surface area is 124 Å². The molecular formula is C14H11N5O3. The minimum atomic E-state index is -0.421. The van der Waals surface area contributed by atoms with E-state index in [0.717, 1.165) is 10.2 Å². The van der Waals surface area contributed by atoms with Gasteiger partial charge in [-0.1, -0.05) is 5.16 Å². The average molecular weight is 297 g/mol. The minimum absolute atomic E-state index is 0.218. The molecular weight excluding hydrogens is 286 g/mol. The predicted molar refractivity (Wildman–Crippen MR) is 76.9 cm³/mol. The van der Waals surface area contributed by atoms with Crippen molar-refractivity contribution >= 4 is 11.7 Å². The second kappa shape index (κ2) is 6.00. The van der Waals surface area contributed by atoms with Crippen LogP contribution in [0.1, 0.15) is 0 Å². The Morgan fingerprint density at radius 3 is 2.73 bits per heavy atom. The fourth-order valence-corrected chi connectivity index (χ4v) is 1.83. The van der Waals surface area contributed by atoms with Gasteiger partial charge in [0.2, 0.25) is 5.91 Å². The summed E-state index contributed by atoms with van der Waals surface area (Å²) in [5.74, 6) is -0.140. The van der Waals surface area contributed by atoms with Gasteiger partial charge in [0.25, 0.3) is 5.56 Å². The van der Waals surface area contributed by atoms with E-state index in [4.69, 9.17) is 0 Å². The normalized spacial score (nSPS) is 10.4. The molecule has 1 N–H and O–H groups in total. The van der Waals surface area contributed by atoms with Crippen LogP contribution in [0.2, 0.25) is 0 Å². The van der Waals surface area contributed by atoms with E-state index in [1.165, 1.54) is 18.4 Å². The van der Waals surface area contributed by atoms with Crippen LogP contribution in [0.5, 0.6) is 0 Å². The number of amides is 1. The van der Waals surface area contributed by atoms with Crippen LogP contribution < -0.4 is 10.9 Å². The second-order valence-corrected chi connectivity index (χ2v) is 4.38. The summed E-state index contributed by atoms with van der Waals surface area (Å²) in [5.41, 5.74) is 1.02. The Morgan fingerprint density at radius 1 is 1.18 bits per heavy atom. The van der Waals surface area contributed by atoms with E-state index in [0.29, 0.717) is 5.69 Å². The third kappa shape index (κ3) is 3.06. The summed E-state index contributed by atoms with van der Waals surface area (Å²) in [6, 6.07) is 8.01. The topological polar surface area (TPSA) is 103 Å². The Balaban J connectivity index is 1.81. The molecule has 3 aromatic rings. The maximum Gasteiger partial charge on any atom is 0.267 e. The van der Waals surface area contributed by atoms with Crippen LogP contribution >= 0.6 is 0 Å². The number of nitrogens with one attached hydrogen (secondary N) is 1. The zero-order valence-corrected chi connectivity index (χ0v) is 11.3. The first-order valence-electron chi connectivity index (χ1n) is 6.41. The van der Waals surface area contributed by atoms with E-state index in [1.54, 1.807) is 30.6 Å². The quantitative estimate of drug-likeness (QED) is 0.768. The van der Waals surface area contributed by atoms with E-state index in [-0.39, 0.29) is 17.9 Å². The van der Waals surface area contributed by atoms with Crippen molar-refractivity contribution in [1.82, 2.24) is 19.9 Å². The first-order chi connectivity index (χ1) is 10.7. The van der Waals surface area contributed by atoms with Gasteiger partial charge in [0.15, 0.2) is 5.82 Å². The lowest BCUT2D eigenvalue weighted by Crippen LogP contribution is -2.29. The van der Waals surface area contributed by atoms with Crippen LogP contribution in [0.15, 0.2) is 58.3 Å². The molecule has 0 aliphatic rings. The Hall–Kier alpha value is -3.29. The Morgan fingerprint density at radius 2 is 2.00 bits per heavy atom. The molecule has 0 radical (unpaired) electrons. The minimum Gasteiger partial charge on any atom is -0.363 e. The summed E-state index contributed by atoms with van der Waals surface area (Å²) in [5, 5.41) is 10.3. The number of carbonyl (C=O) groups excluding carboxylic acids is 1. The van der Waals surface area contributed by atoms with Crippen LogP contribution in [0.25, 0.3) is 11.3 Å². The highest BCUT2D eigenvalue weighted by atomic mass is 16.5. The molecule has 3 aromatic heterocycles. The van der Waals surface area contributed by atoms with E-state index in [2.05, 4.69) is 25.1 Å². The van der Waals surface area contributed by atoms with Crippen molar-refractivity contribution in [3.63, 3.8) is 0 Å². The largest absolute Gasteiger partial charge is 0.363 e. The predicted octanol–water partition coefficient (Wildman–Crippen LogP) is 0.932. The van der Waals surface area contributed by atoms with E-state index >= 15 is 0 Å². The smallest absolute Gasteiger partial charge is 0.267 e. The number of hydrogen-bond acceptors (Lipinski definition) is 6. The van der Waals surface area contributed by atoms with Gasteiger partial charge in [-0.15, -0.1) is 0 Å². The van der Waals surface area contributed by atoms with E-state index < -0.39 is 5.91 Å².